The van der Waals surface area contributed by atoms with Crippen LogP contribution in [0.2, 0.25) is 0 Å². The van der Waals surface area contributed by atoms with Gasteiger partial charge in [-0.15, -0.1) is 0 Å². The second kappa shape index (κ2) is 4.75. The molecule has 0 aliphatic heterocycles. The molecule has 1 rings (SSSR count). The maximum atomic E-state index is 12.8. The van der Waals surface area contributed by atoms with Crippen molar-refractivity contribution in [2.24, 2.45) is 7.05 Å². The van der Waals surface area contributed by atoms with Crippen molar-refractivity contribution in [3.05, 3.63) is 12.4 Å². The van der Waals surface area contributed by atoms with Gasteiger partial charge in [0, 0.05) is 0 Å². The predicted octanol–water partition coefficient (Wildman–Crippen LogP) is 0.899. The van der Waals surface area contributed by atoms with E-state index in [9.17, 15) is 26.0 Å². The lowest BCUT2D eigenvalue weighted by Crippen LogP contribution is -2.39. The fourth-order valence-corrected chi connectivity index (χ4v) is 2.00. The summed E-state index contributed by atoms with van der Waals surface area (Å²) in [6, 6.07) is -0.399. The van der Waals surface area contributed by atoms with Crippen LogP contribution < -0.4 is 8.75 Å². The minimum absolute atomic E-state index is 0.259. The molecular formula is C8H11F4N2O3S+. The lowest BCUT2D eigenvalue weighted by Gasteiger charge is -2.12. The Morgan fingerprint density at radius 1 is 1.50 bits per heavy atom. The Morgan fingerprint density at radius 2 is 2.06 bits per heavy atom. The van der Waals surface area contributed by atoms with Crippen LogP contribution in [0, 0.1) is 0 Å². The van der Waals surface area contributed by atoms with Crippen LogP contribution in [0.15, 0.2) is 12.4 Å². The molecule has 1 aromatic heterocycles. The van der Waals surface area contributed by atoms with Crippen molar-refractivity contribution < 1.29 is 34.7 Å². The highest BCUT2D eigenvalue weighted by molar-refractivity contribution is 7.87. The lowest BCUT2D eigenvalue weighted by atomic mass is 10.7. The number of aryl methyl sites for hydroxylation is 2. The standard InChI is InChI=1S/C8H11F4N2O3S/c1-3-14-5-4-13(2)7(14)17-18(15,16)6(9)8(10,11)12/h4-6H,3H2,1-2H3/q+1. The summed E-state index contributed by atoms with van der Waals surface area (Å²) in [5.74, 6) is 0. The van der Waals surface area contributed by atoms with Gasteiger partial charge >= 0.3 is 27.8 Å². The van der Waals surface area contributed by atoms with Gasteiger partial charge in [0.2, 0.25) is 0 Å². The number of aromatic nitrogens is 2. The molecule has 0 bridgehead atoms. The Balaban J connectivity index is 3.07. The van der Waals surface area contributed by atoms with Crippen molar-refractivity contribution in [3.63, 3.8) is 0 Å². The van der Waals surface area contributed by atoms with Gasteiger partial charge in [-0.1, -0.05) is 0 Å². The third-order valence-electron chi connectivity index (χ3n) is 2.06. The molecule has 18 heavy (non-hydrogen) atoms. The monoisotopic (exact) mass is 291 g/mol. The van der Waals surface area contributed by atoms with Crippen molar-refractivity contribution in [1.29, 1.82) is 0 Å². The van der Waals surface area contributed by atoms with Crippen molar-refractivity contribution in [3.8, 4) is 6.01 Å². The molecule has 1 aromatic rings. The highest BCUT2D eigenvalue weighted by atomic mass is 32.2. The van der Waals surface area contributed by atoms with E-state index >= 15 is 0 Å². The maximum absolute atomic E-state index is 12.8. The number of rotatable bonds is 4. The third kappa shape index (κ3) is 2.92. The Labute approximate surface area is 101 Å². The molecule has 0 fully saturated rings. The highest BCUT2D eigenvalue weighted by Crippen LogP contribution is 2.28. The zero-order chi connectivity index (χ0) is 14.1. The van der Waals surface area contributed by atoms with Gasteiger partial charge in [0.1, 0.15) is 12.4 Å². The van der Waals surface area contributed by atoms with E-state index < -0.39 is 27.8 Å². The Morgan fingerprint density at radius 3 is 2.50 bits per heavy atom. The van der Waals surface area contributed by atoms with Gasteiger partial charge in [-0.25, -0.2) is 4.39 Å². The molecule has 5 nitrogen and oxygen atoms in total. The van der Waals surface area contributed by atoms with Gasteiger partial charge < -0.3 is 4.18 Å². The maximum Gasteiger partial charge on any atom is 0.471 e. The zero-order valence-electron chi connectivity index (χ0n) is 9.48. The molecule has 1 heterocycles. The number of imidazole rings is 1. The summed E-state index contributed by atoms with van der Waals surface area (Å²) < 4.78 is 77.6. The number of nitrogens with zero attached hydrogens (tertiary/aromatic N) is 2. The number of hydrogen-bond donors (Lipinski definition) is 0. The van der Waals surface area contributed by atoms with Crippen molar-refractivity contribution in [2.75, 3.05) is 0 Å². The second-order valence-electron chi connectivity index (χ2n) is 3.41. The molecule has 0 saturated heterocycles. The minimum Gasteiger partial charge on any atom is -0.306 e. The van der Waals surface area contributed by atoms with Crippen LogP contribution in [0.4, 0.5) is 17.6 Å². The Kier molecular flexibility index (Phi) is 3.89. The molecule has 1 unspecified atom stereocenters. The fraction of sp³-hybridized carbons (Fsp3) is 0.625. The first kappa shape index (κ1) is 14.7. The van der Waals surface area contributed by atoms with Gasteiger partial charge in [-0.3, -0.25) is 0 Å². The summed E-state index contributed by atoms with van der Waals surface area (Å²) in [4.78, 5) is 0. The second-order valence-corrected chi connectivity index (χ2v) is 4.98. The van der Waals surface area contributed by atoms with E-state index in [1.165, 1.54) is 24.0 Å². The van der Waals surface area contributed by atoms with Crippen molar-refractivity contribution in [2.45, 2.75) is 25.1 Å². The molecule has 0 spiro atoms. The molecule has 10 heteroatoms. The quantitative estimate of drug-likeness (QED) is 0.470. The summed E-state index contributed by atoms with van der Waals surface area (Å²) in [5, 5.41) is 0. The van der Waals surface area contributed by atoms with Crippen LogP contribution in [0.1, 0.15) is 6.92 Å². The number of hydrogen-bond acceptors (Lipinski definition) is 3. The summed E-state index contributed by atoms with van der Waals surface area (Å²) in [6.45, 7) is 1.88. The van der Waals surface area contributed by atoms with Crippen LogP contribution in [0.5, 0.6) is 6.01 Å². The van der Waals surface area contributed by atoms with Crippen LogP contribution >= 0.6 is 0 Å². The average Bonchev–Trinajstić information content (AvgIpc) is 2.57. The summed E-state index contributed by atoms with van der Waals surface area (Å²) in [7, 11) is -4.07. The van der Waals surface area contributed by atoms with Crippen LogP contribution in [0.25, 0.3) is 0 Å². The molecule has 0 aliphatic carbocycles. The van der Waals surface area contributed by atoms with E-state index in [2.05, 4.69) is 4.18 Å². The molecule has 0 N–H and O–H groups in total. The van der Waals surface area contributed by atoms with Gasteiger partial charge in [0.25, 0.3) is 0 Å². The van der Waals surface area contributed by atoms with E-state index in [0.29, 0.717) is 0 Å². The first-order valence-electron chi connectivity index (χ1n) is 4.78. The smallest absolute Gasteiger partial charge is 0.306 e. The average molecular weight is 291 g/mol. The molecule has 0 aromatic carbocycles. The molecule has 0 aliphatic rings. The van der Waals surface area contributed by atoms with E-state index in [1.807, 2.05) is 0 Å². The molecule has 0 saturated carbocycles. The molecular weight excluding hydrogens is 280 g/mol. The lowest BCUT2D eigenvalue weighted by molar-refractivity contribution is -0.674. The van der Waals surface area contributed by atoms with Gasteiger partial charge in [-0.05, 0) is 6.92 Å². The SMILES string of the molecule is CCn1cc[n+](C)c1OS(=O)(=O)C(F)C(F)(F)F. The first-order chi connectivity index (χ1) is 8.09. The molecule has 0 radical (unpaired) electrons. The van der Waals surface area contributed by atoms with Crippen LogP contribution in [-0.4, -0.2) is 24.7 Å². The van der Waals surface area contributed by atoms with E-state index in [0.717, 1.165) is 4.57 Å². The largest absolute Gasteiger partial charge is 0.471 e. The number of halogens is 4. The third-order valence-corrected chi connectivity index (χ3v) is 3.22. The van der Waals surface area contributed by atoms with E-state index in [-0.39, 0.29) is 6.54 Å². The van der Waals surface area contributed by atoms with Gasteiger partial charge in [0.05, 0.1) is 13.6 Å². The number of alkyl halides is 4. The highest BCUT2D eigenvalue weighted by Gasteiger charge is 2.52. The first-order valence-corrected chi connectivity index (χ1v) is 6.25. The Bertz CT molecular complexity index is 523. The van der Waals surface area contributed by atoms with E-state index in [1.54, 1.807) is 6.92 Å². The molecule has 1 atom stereocenters. The summed E-state index contributed by atoms with van der Waals surface area (Å²) >= 11 is 0. The summed E-state index contributed by atoms with van der Waals surface area (Å²) in [5.41, 5.74) is -4.08. The predicted molar refractivity (Wildman–Crippen MR) is 51.8 cm³/mol. The normalized spacial score (nSPS) is 14.6. The molecule has 104 valence electrons. The van der Waals surface area contributed by atoms with Crippen LogP contribution in [0.3, 0.4) is 0 Å². The van der Waals surface area contributed by atoms with Gasteiger partial charge in [-0.2, -0.15) is 30.7 Å². The van der Waals surface area contributed by atoms with Gasteiger partial charge in [0.15, 0.2) is 0 Å². The minimum atomic E-state index is -5.53. The fourth-order valence-electron chi connectivity index (χ4n) is 1.17. The zero-order valence-corrected chi connectivity index (χ0v) is 10.3. The van der Waals surface area contributed by atoms with Crippen molar-refractivity contribution >= 4 is 10.1 Å². The summed E-state index contributed by atoms with van der Waals surface area (Å²) in [6.07, 6.45) is -2.76. The van der Waals surface area contributed by atoms with E-state index in [4.69, 9.17) is 0 Å². The molecule has 0 amide bonds. The Hall–Kier alpha value is -1.32. The van der Waals surface area contributed by atoms with Crippen molar-refractivity contribution in [1.82, 2.24) is 4.57 Å². The topological polar surface area (TPSA) is 52.2 Å². The van der Waals surface area contributed by atoms with Crippen LogP contribution in [-0.2, 0) is 23.7 Å².